The Labute approximate surface area is 110 Å². The highest BCUT2D eigenvalue weighted by molar-refractivity contribution is 5.80. The maximum Gasteiger partial charge on any atom is 0.427 e. The highest BCUT2D eigenvalue weighted by Gasteiger charge is 2.58. The molecule has 1 aliphatic heterocycles. The lowest BCUT2D eigenvalue weighted by molar-refractivity contribution is -0.263. The van der Waals surface area contributed by atoms with Crippen molar-refractivity contribution in [1.29, 1.82) is 0 Å². The Morgan fingerprint density at radius 1 is 1.21 bits per heavy atom. The Hall–Kier alpha value is -0.820. The van der Waals surface area contributed by atoms with E-state index in [1.807, 2.05) is 0 Å². The molecule has 112 valence electrons. The number of ether oxygens (including phenoxy) is 1. The van der Waals surface area contributed by atoms with Crippen LogP contribution in [0.4, 0.5) is 13.2 Å². The van der Waals surface area contributed by atoms with Crippen molar-refractivity contribution in [2.75, 3.05) is 13.1 Å². The summed E-state index contributed by atoms with van der Waals surface area (Å²) in [6.07, 6.45) is -3.61. The van der Waals surface area contributed by atoms with E-state index in [1.165, 1.54) is 0 Å². The number of carbonyl (C=O) groups is 1. The summed E-state index contributed by atoms with van der Waals surface area (Å²) >= 11 is 0. The standard InChI is InChI=1S/C12H20F3NO3/c1-10(2,8-4-6-16-7-5-8)19-9(17)11(3,18)12(13,14)15/h8,16,18H,4-7H2,1-3H3. The van der Waals surface area contributed by atoms with Gasteiger partial charge in [0.15, 0.2) is 0 Å². The van der Waals surface area contributed by atoms with Crippen LogP contribution in [0, 0.1) is 5.92 Å². The average molecular weight is 283 g/mol. The van der Waals surface area contributed by atoms with Gasteiger partial charge in [0.1, 0.15) is 5.60 Å². The molecule has 0 saturated carbocycles. The number of carbonyl (C=O) groups excluding carboxylic acids is 1. The van der Waals surface area contributed by atoms with Crippen LogP contribution in [0.1, 0.15) is 33.6 Å². The van der Waals surface area contributed by atoms with E-state index in [0.717, 1.165) is 13.1 Å². The molecule has 1 saturated heterocycles. The van der Waals surface area contributed by atoms with E-state index in [2.05, 4.69) is 5.32 Å². The topological polar surface area (TPSA) is 58.6 Å². The largest absolute Gasteiger partial charge is 0.457 e. The van der Waals surface area contributed by atoms with E-state index in [1.54, 1.807) is 13.8 Å². The van der Waals surface area contributed by atoms with Crippen LogP contribution in [0.15, 0.2) is 0 Å². The summed E-state index contributed by atoms with van der Waals surface area (Å²) in [6.45, 7) is 5.04. The number of hydrogen-bond donors (Lipinski definition) is 2. The normalized spacial score (nSPS) is 21.8. The molecule has 19 heavy (non-hydrogen) atoms. The molecule has 1 aliphatic rings. The second kappa shape index (κ2) is 5.28. The minimum atomic E-state index is -5.05. The van der Waals surface area contributed by atoms with Gasteiger partial charge in [0.2, 0.25) is 0 Å². The third-order valence-corrected chi connectivity index (χ3v) is 3.63. The van der Waals surface area contributed by atoms with Crippen LogP contribution in [-0.2, 0) is 9.53 Å². The first-order valence-electron chi connectivity index (χ1n) is 6.22. The van der Waals surface area contributed by atoms with Gasteiger partial charge in [-0.25, -0.2) is 4.79 Å². The molecule has 1 unspecified atom stereocenters. The highest BCUT2D eigenvalue weighted by atomic mass is 19.4. The fourth-order valence-electron chi connectivity index (χ4n) is 2.05. The predicted molar refractivity (Wildman–Crippen MR) is 62.4 cm³/mol. The van der Waals surface area contributed by atoms with E-state index in [0.29, 0.717) is 19.8 Å². The Morgan fingerprint density at radius 2 is 1.68 bits per heavy atom. The van der Waals surface area contributed by atoms with Crippen LogP contribution in [0.5, 0.6) is 0 Å². The van der Waals surface area contributed by atoms with E-state index in [4.69, 9.17) is 4.74 Å². The molecule has 0 aliphatic carbocycles. The van der Waals surface area contributed by atoms with Gasteiger partial charge in [-0.3, -0.25) is 0 Å². The number of halogens is 3. The molecule has 7 heteroatoms. The predicted octanol–water partition coefficient (Wildman–Crippen LogP) is 1.62. The van der Waals surface area contributed by atoms with Gasteiger partial charge in [0.05, 0.1) is 0 Å². The Bertz CT molecular complexity index is 334. The van der Waals surface area contributed by atoms with Crippen molar-refractivity contribution >= 4 is 5.97 Å². The fraction of sp³-hybridized carbons (Fsp3) is 0.917. The first kappa shape index (κ1) is 16.2. The molecule has 0 bridgehead atoms. The zero-order valence-electron chi connectivity index (χ0n) is 11.3. The summed E-state index contributed by atoms with van der Waals surface area (Å²) in [5.41, 5.74) is -4.51. The number of alkyl halides is 3. The molecule has 0 aromatic rings. The molecule has 1 atom stereocenters. The van der Waals surface area contributed by atoms with Crippen molar-refractivity contribution in [1.82, 2.24) is 5.32 Å². The number of aliphatic hydroxyl groups is 1. The molecule has 0 aromatic carbocycles. The summed E-state index contributed by atoms with van der Waals surface area (Å²) in [5, 5.41) is 12.4. The molecular formula is C12H20F3NO3. The zero-order valence-corrected chi connectivity index (χ0v) is 11.3. The van der Waals surface area contributed by atoms with Crippen LogP contribution >= 0.6 is 0 Å². The van der Waals surface area contributed by atoms with E-state index in [-0.39, 0.29) is 5.92 Å². The van der Waals surface area contributed by atoms with Gasteiger partial charge in [-0.05, 0) is 46.7 Å². The van der Waals surface area contributed by atoms with Crippen molar-refractivity contribution in [3.05, 3.63) is 0 Å². The smallest absolute Gasteiger partial charge is 0.427 e. The van der Waals surface area contributed by atoms with Gasteiger partial charge in [-0.15, -0.1) is 0 Å². The summed E-state index contributed by atoms with van der Waals surface area (Å²) in [6, 6.07) is 0. The van der Waals surface area contributed by atoms with Crippen LogP contribution < -0.4 is 5.32 Å². The van der Waals surface area contributed by atoms with E-state index >= 15 is 0 Å². The van der Waals surface area contributed by atoms with Gasteiger partial charge >= 0.3 is 12.1 Å². The van der Waals surface area contributed by atoms with Crippen LogP contribution in [0.3, 0.4) is 0 Å². The molecule has 0 amide bonds. The third-order valence-electron chi connectivity index (χ3n) is 3.63. The summed E-state index contributed by atoms with van der Waals surface area (Å²) in [4.78, 5) is 11.6. The maximum atomic E-state index is 12.5. The lowest BCUT2D eigenvalue weighted by atomic mass is 9.83. The number of hydrogen-bond acceptors (Lipinski definition) is 4. The zero-order chi connectivity index (χ0) is 14.9. The monoisotopic (exact) mass is 283 g/mol. The first-order chi connectivity index (χ1) is 8.48. The summed E-state index contributed by atoms with van der Waals surface area (Å²) in [7, 11) is 0. The van der Waals surface area contributed by atoms with E-state index in [9.17, 15) is 23.1 Å². The molecule has 4 nitrogen and oxygen atoms in total. The minimum Gasteiger partial charge on any atom is -0.457 e. The minimum absolute atomic E-state index is 0.0262. The number of piperidine rings is 1. The molecule has 0 spiro atoms. The van der Waals surface area contributed by atoms with Gasteiger partial charge in [0.25, 0.3) is 5.60 Å². The Balaban J connectivity index is 2.74. The molecular weight excluding hydrogens is 263 g/mol. The second-order valence-electron chi connectivity index (χ2n) is 5.59. The number of rotatable bonds is 3. The number of nitrogens with one attached hydrogen (secondary N) is 1. The van der Waals surface area contributed by atoms with Crippen LogP contribution in [0.25, 0.3) is 0 Å². The van der Waals surface area contributed by atoms with Crippen molar-refractivity contribution in [2.45, 2.75) is 51.0 Å². The SMILES string of the molecule is CC(C)(OC(=O)C(C)(O)C(F)(F)F)C1CCNCC1. The first-order valence-corrected chi connectivity index (χ1v) is 6.22. The van der Waals surface area contributed by atoms with Crippen LogP contribution in [-0.4, -0.2) is 41.5 Å². The molecule has 1 fully saturated rings. The summed E-state index contributed by atoms with van der Waals surface area (Å²) < 4.78 is 42.6. The highest BCUT2D eigenvalue weighted by Crippen LogP contribution is 2.35. The van der Waals surface area contributed by atoms with Gasteiger partial charge in [0, 0.05) is 5.92 Å². The van der Waals surface area contributed by atoms with Crippen molar-refractivity contribution in [3.8, 4) is 0 Å². The lowest BCUT2D eigenvalue weighted by Crippen LogP contribution is -2.54. The van der Waals surface area contributed by atoms with E-state index < -0.39 is 23.3 Å². The lowest BCUT2D eigenvalue weighted by Gasteiger charge is -2.38. The average Bonchev–Trinajstić information content (AvgIpc) is 2.28. The van der Waals surface area contributed by atoms with Crippen molar-refractivity contribution in [3.63, 3.8) is 0 Å². The Kier molecular flexibility index (Phi) is 4.51. The maximum absolute atomic E-state index is 12.5. The van der Waals surface area contributed by atoms with Gasteiger partial charge in [-0.2, -0.15) is 13.2 Å². The third kappa shape index (κ3) is 3.60. The quantitative estimate of drug-likeness (QED) is 0.773. The molecule has 1 rings (SSSR count). The van der Waals surface area contributed by atoms with Gasteiger partial charge in [-0.1, -0.05) is 0 Å². The molecule has 0 aromatic heterocycles. The van der Waals surface area contributed by atoms with Crippen molar-refractivity contribution in [2.24, 2.45) is 5.92 Å². The Morgan fingerprint density at radius 3 is 2.11 bits per heavy atom. The molecule has 2 N–H and O–H groups in total. The second-order valence-corrected chi connectivity index (χ2v) is 5.59. The van der Waals surface area contributed by atoms with Crippen molar-refractivity contribution < 1.29 is 27.8 Å². The number of esters is 1. The molecule has 0 radical (unpaired) electrons. The summed E-state index contributed by atoms with van der Waals surface area (Å²) in [5.74, 6) is -1.68. The van der Waals surface area contributed by atoms with Gasteiger partial charge < -0.3 is 15.2 Å². The molecule has 1 heterocycles. The fourth-order valence-corrected chi connectivity index (χ4v) is 2.05. The van der Waals surface area contributed by atoms with Crippen LogP contribution in [0.2, 0.25) is 0 Å².